The number of carboxylic acids is 1. The number of carbonyl (C=O) groups is 1. The molecule has 17 heavy (non-hydrogen) atoms. The van der Waals surface area contributed by atoms with Crippen molar-refractivity contribution in [3.05, 3.63) is 38.8 Å². The molecule has 0 aliphatic rings. The molecule has 0 spiro atoms. The minimum absolute atomic E-state index is 0.309. The highest BCUT2D eigenvalue weighted by Crippen LogP contribution is 2.18. The van der Waals surface area contributed by atoms with Gasteiger partial charge in [0.1, 0.15) is 6.04 Å². The molecule has 1 unspecified atom stereocenters. The summed E-state index contributed by atoms with van der Waals surface area (Å²) >= 11 is 0. The van der Waals surface area contributed by atoms with Crippen LogP contribution in [-0.4, -0.2) is 20.6 Å². The summed E-state index contributed by atoms with van der Waals surface area (Å²) in [4.78, 5) is 32.5. The van der Waals surface area contributed by atoms with Gasteiger partial charge in [-0.3, -0.25) is 19.5 Å². The van der Waals surface area contributed by atoms with E-state index in [0.29, 0.717) is 0 Å². The number of pyridine rings is 1. The highest BCUT2D eigenvalue weighted by molar-refractivity contribution is 5.72. The third-order valence-electron chi connectivity index (χ3n) is 2.32. The molecule has 7 nitrogen and oxygen atoms in total. The Morgan fingerprint density at radius 2 is 2.06 bits per heavy atom. The second-order valence-corrected chi connectivity index (χ2v) is 3.92. The lowest BCUT2D eigenvalue weighted by Gasteiger charge is -2.18. The van der Waals surface area contributed by atoms with Crippen molar-refractivity contribution < 1.29 is 14.8 Å². The Balaban J connectivity index is 3.37. The standard InChI is InChI=1S/C10H12N2O5/c1-6(2)9(10(14)15)11-5-7(12(16)17)3-4-8(11)13/h3-6,9H,1-2H3,(H,14,15). The fraction of sp³-hybridized carbons (Fsp3) is 0.400. The van der Waals surface area contributed by atoms with E-state index >= 15 is 0 Å². The molecular formula is C10H12N2O5. The Morgan fingerprint density at radius 1 is 1.47 bits per heavy atom. The molecule has 0 aliphatic carbocycles. The van der Waals surface area contributed by atoms with Gasteiger partial charge in [-0.05, 0) is 5.92 Å². The molecular weight excluding hydrogens is 228 g/mol. The van der Waals surface area contributed by atoms with Gasteiger partial charge in [-0.15, -0.1) is 0 Å². The molecule has 0 amide bonds. The molecule has 7 heteroatoms. The van der Waals surface area contributed by atoms with Gasteiger partial charge in [-0.2, -0.15) is 0 Å². The maximum atomic E-state index is 11.5. The largest absolute Gasteiger partial charge is 0.480 e. The van der Waals surface area contributed by atoms with Crippen molar-refractivity contribution in [3.63, 3.8) is 0 Å². The van der Waals surface area contributed by atoms with E-state index in [0.717, 1.165) is 22.9 Å². The van der Waals surface area contributed by atoms with Crippen molar-refractivity contribution in [1.29, 1.82) is 0 Å². The summed E-state index contributed by atoms with van der Waals surface area (Å²) in [5, 5.41) is 19.6. The SMILES string of the molecule is CC(C)C(C(=O)O)n1cc([N+](=O)[O-])ccc1=O. The highest BCUT2D eigenvalue weighted by Gasteiger charge is 2.25. The van der Waals surface area contributed by atoms with E-state index in [1.807, 2.05) is 0 Å². The fourth-order valence-corrected chi connectivity index (χ4v) is 1.54. The summed E-state index contributed by atoms with van der Waals surface area (Å²) in [6.45, 7) is 3.26. The zero-order chi connectivity index (χ0) is 13.2. The molecule has 1 atom stereocenters. The normalized spacial score (nSPS) is 12.4. The summed E-state index contributed by atoms with van der Waals surface area (Å²) < 4.78 is 0.880. The number of carboxylic acid groups (broad SMARTS) is 1. The summed E-state index contributed by atoms with van der Waals surface area (Å²) in [7, 11) is 0. The molecule has 0 aromatic carbocycles. The maximum Gasteiger partial charge on any atom is 0.327 e. The van der Waals surface area contributed by atoms with Gasteiger partial charge in [0, 0.05) is 12.1 Å². The monoisotopic (exact) mass is 240 g/mol. The van der Waals surface area contributed by atoms with Crippen LogP contribution in [0.15, 0.2) is 23.1 Å². The first kappa shape index (κ1) is 12.9. The lowest BCUT2D eigenvalue weighted by atomic mass is 10.0. The van der Waals surface area contributed by atoms with Crippen molar-refractivity contribution in [1.82, 2.24) is 4.57 Å². The van der Waals surface area contributed by atoms with Crippen LogP contribution in [0.5, 0.6) is 0 Å². The first-order chi connectivity index (χ1) is 7.84. The number of hydrogen-bond acceptors (Lipinski definition) is 4. The van der Waals surface area contributed by atoms with E-state index in [1.165, 1.54) is 0 Å². The first-order valence-electron chi connectivity index (χ1n) is 4.94. The minimum atomic E-state index is -1.19. The van der Waals surface area contributed by atoms with Gasteiger partial charge in [0.2, 0.25) is 0 Å². The molecule has 1 rings (SSSR count). The maximum absolute atomic E-state index is 11.5. The zero-order valence-electron chi connectivity index (χ0n) is 9.36. The third kappa shape index (κ3) is 2.68. The van der Waals surface area contributed by atoms with Gasteiger partial charge >= 0.3 is 5.97 Å². The molecule has 0 radical (unpaired) electrons. The molecule has 0 saturated carbocycles. The smallest absolute Gasteiger partial charge is 0.327 e. The Kier molecular flexibility index (Phi) is 3.62. The number of aliphatic carboxylic acids is 1. The number of rotatable bonds is 4. The van der Waals surface area contributed by atoms with Gasteiger partial charge in [-0.1, -0.05) is 13.8 Å². The van der Waals surface area contributed by atoms with E-state index in [-0.39, 0.29) is 11.6 Å². The van der Waals surface area contributed by atoms with Gasteiger partial charge in [-0.25, -0.2) is 4.79 Å². The number of nitrogens with zero attached hydrogens (tertiary/aromatic N) is 2. The van der Waals surface area contributed by atoms with Crippen molar-refractivity contribution in [3.8, 4) is 0 Å². The zero-order valence-corrected chi connectivity index (χ0v) is 9.36. The number of hydrogen-bond donors (Lipinski definition) is 1. The Bertz CT molecular complexity index is 506. The molecule has 1 heterocycles. The Labute approximate surface area is 96.5 Å². The first-order valence-corrected chi connectivity index (χ1v) is 4.94. The summed E-state index contributed by atoms with van der Waals surface area (Å²) in [6.07, 6.45) is 0.959. The van der Waals surface area contributed by atoms with E-state index in [9.17, 15) is 19.7 Å². The molecule has 1 aromatic heterocycles. The number of aromatic nitrogens is 1. The van der Waals surface area contributed by atoms with Crippen LogP contribution < -0.4 is 5.56 Å². The van der Waals surface area contributed by atoms with E-state index < -0.39 is 22.5 Å². The van der Waals surface area contributed by atoms with E-state index in [1.54, 1.807) is 13.8 Å². The fourth-order valence-electron chi connectivity index (χ4n) is 1.54. The second-order valence-electron chi connectivity index (χ2n) is 3.92. The van der Waals surface area contributed by atoms with Crippen LogP contribution >= 0.6 is 0 Å². The van der Waals surface area contributed by atoms with E-state index in [2.05, 4.69) is 0 Å². The lowest BCUT2D eigenvalue weighted by Crippen LogP contribution is -2.32. The van der Waals surface area contributed by atoms with E-state index in [4.69, 9.17) is 5.11 Å². The highest BCUT2D eigenvalue weighted by atomic mass is 16.6. The second kappa shape index (κ2) is 4.77. The summed E-state index contributed by atoms with van der Waals surface area (Å²) in [6, 6.07) is 0.941. The molecule has 0 aliphatic heterocycles. The predicted molar refractivity (Wildman–Crippen MR) is 58.9 cm³/mol. The summed E-state index contributed by atoms with van der Waals surface area (Å²) in [5.41, 5.74) is -0.881. The van der Waals surface area contributed by atoms with Crippen LogP contribution in [0.3, 0.4) is 0 Å². The van der Waals surface area contributed by atoms with Crippen molar-refractivity contribution in [2.24, 2.45) is 5.92 Å². The third-order valence-corrected chi connectivity index (χ3v) is 2.32. The predicted octanol–water partition coefficient (Wildman–Crippen LogP) is 1.04. The molecule has 92 valence electrons. The quantitative estimate of drug-likeness (QED) is 0.625. The van der Waals surface area contributed by atoms with Crippen LogP contribution in [0, 0.1) is 16.0 Å². The minimum Gasteiger partial charge on any atom is -0.480 e. The average Bonchev–Trinajstić information content (AvgIpc) is 2.19. The molecule has 0 fully saturated rings. The van der Waals surface area contributed by atoms with Crippen LogP contribution in [0.2, 0.25) is 0 Å². The van der Waals surface area contributed by atoms with Gasteiger partial charge in [0.15, 0.2) is 0 Å². The van der Waals surface area contributed by atoms with Gasteiger partial charge in [0.25, 0.3) is 11.2 Å². The van der Waals surface area contributed by atoms with Crippen molar-refractivity contribution >= 4 is 11.7 Å². The Morgan fingerprint density at radius 3 is 2.47 bits per heavy atom. The van der Waals surface area contributed by atoms with Crippen LogP contribution in [0.4, 0.5) is 5.69 Å². The van der Waals surface area contributed by atoms with Gasteiger partial charge < -0.3 is 5.11 Å². The Hall–Kier alpha value is -2.18. The van der Waals surface area contributed by atoms with Crippen LogP contribution in [0.1, 0.15) is 19.9 Å². The molecule has 1 N–H and O–H groups in total. The molecule has 0 saturated heterocycles. The average molecular weight is 240 g/mol. The van der Waals surface area contributed by atoms with Crippen molar-refractivity contribution in [2.45, 2.75) is 19.9 Å². The lowest BCUT2D eigenvalue weighted by molar-refractivity contribution is -0.385. The molecule has 0 bridgehead atoms. The van der Waals surface area contributed by atoms with Gasteiger partial charge in [0.05, 0.1) is 11.1 Å². The number of nitro groups is 1. The molecule has 1 aromatic rings. The van der Waals surface area contributed by atoms with Crippen LogP contribution in [0.25, 0.3) is 0 Å². The van der Waals surface area contributed by atoms with Crippen LogP contribution in [-0.2, 0) is 4.79 Å². The summed E-state index contributed by atoms with van der Waals surface area (Å²) in [5.74, 6) is -1.55. The topological polar surface area (TPSA) is 102 Å². The van der Waals surface area contributed by atoms with Crippen molar-refractivity contribution in [2.75, 3.05) is 0 Å².